The summed E-state index contributed by atoms with van der Waals surface area (Å²) in [5, 5.41) is 2.61. The van der Waals surface area contributed by atoms with Crippen molar-refractivity contribution >= 4 is 21.4 Å². The van der Waals surface area contributed by atoms with Crippen molar-refractivity contribution in [3.63, 3.8) is 0 Å². The van der Waals surface area contributed by atoms with E-state index in [0.29, 0.717) is 18.0 Å². The van der Waals surface area contributed by atoms with E-state index in [1.165, 1.54) is 12.1 Å². The summed E-state index contributed by atoms with van der Waals surface area (Å²) >= 11 is 0. The molecule has 0 radical (unpaired) electrons. The molecule has 0 spiro atoms. The molecule has 5 nitrogen and oxygen atoms in total. The Morgan fingerprint density at radius 3 is 2.18 bits per heavy atom. The molecule has 28 heavy (non-hydrogen) atoms. The van der Waals surface area contributed by atoms with Crippen LogP contribution in [0.4, 0.5) is 5.69 Å². The van der Waals surface area contributed by atoms with Crippen molar-refractivity contribution in [2.24, 2.45) is 0 Å². The lowest BCUT2D eigenvalue weighted by molar-refractivity contribution is -0.113. The fourth-order valence-electron chi connectivity index (χ4n) is 2.57. The lowest BCUT2D eigenvalue weighted by Crippen LogP contribution is -2.23. The fourth-order valence-corrected chi connectivity index (χ4v) is 3.71. The Bertz CT molecular complexity index is 1030. The smallest absolute Gasteiger partial charge is 0.239 e. The molecule has 0 fully saturated rings. The van der Waals surface area contributed by atoms with Crippen LogP contribution in [0.1, 0.15) is 11.1 Å². The molecule has 3 aromatic rings. The number of amides is 1. The number of ether oxygens (including phenoxy) is 1. The molecule has 0 unspecified atom stereocenters. The second kappa shape index (κ2) is 8.71. The van der Waals surface area contributed by atoms with Crippen LogP contribution in [0.5, 0.6) is 5.75 Å². The number of benzene rings is 3. The normalized spacial score (nSPS) is 11.0. The van der Waals surface area contributed by atoms with Gasteiger partial charge in [0.05, 0.1) is 4.90 Å². The minimum Gasteiger partial charge on any atom is -0.489 e. The van der Waals surface area contributed by atoms with Gasteiger partial charge in [-0.25, -0.2) is 8.42 Å². The number of rotatable bonds is 7. The van der Waals surface area contributed by atoms with E-state index in [9.17, 15) is 13.2 Å². The Kier molecular flexibility index (Phi) is 6.11. The minimum atomic E-state index is -3.68. The molecule has 6 heteroatoms. The van der Waals surface area contributed by atoms with E-state index in [1.807, 2.05) is 37.3 Å². The van der Waals surface area contributed by atoms with Gasteiger partial charge in [0.15, 0.2) is 9.84 Å². The van der Waals surface area contributed by atoms with Gasteiger partial charge in [0, 0.05) is 5.69 Å². The van der Waals surface area contributed by atoms with E-state index in [-0.39, 0.29) is 4.90 Å². The number of anilines is 1. The molecule has 0 aromatic heterocycles. The largest absolute Gasteiger partial charge is 0.489 e. The first-order valence-corrected chi connectivity index (χ1v) is 10.4. The maximum atomic E-state index is 12.3. The number of hydrogen-bond donors (Lipinski definition) is 1. The monoisotopic (exact) mass is 395 g/mol. The Morgan fingerprint density at radius 1 is 0.893 bits per heavy atom. The number of aryl methyl sites for hydroxylation is 1. The highest BCUT2D eigenvalue weighted by molar-refractivity contribution is 7.92. The van der Waals surface area contributed by atoms with Gasteiger partial charge in [-0.2, -0.15) is 0 Å². The number of carbonyl (C=O) groups excluding carboxylic acids is 1. The maximum absolute atomic E-state index is 12.3. The van der Waals surface area contributed by atoms with Crippen LogP contribution in [0, 0.1) is 6.92 Å². The van der Waals surface area contributed by atoms with E-state index in [4.69, 9.17) is 4.74 Å². The first-order valence-electron chi connectivity index (χ1n) is 8.78. The molecule has 144 valence electrons. The molecule has 0 aliphatic heterocycles. The van der Waals surface area contributed by atoms with Gasteiger partial charge in [-0.05, 0) is 48.9 Å². The van der Waals surface area contributed by atoms with Crippen LogP contribution in [0.3, 0.4) is 0 Å². The van der Waals surface area contributed by atoms with Crippen molar-refractivity contribution < 1.29 is 17.9 Å². The first kappa shape index (κ1) is 19.6. The van der Waals surface area contributed by atoms with Crippen molar-refractivity contribution in [2.75, 3.05) is 11.1 Å². The summed E-state index contributed by atoms with van der Waals surface area (Å²) < 4.78 is 30.4. The second-order valence-electron chi connectivity index (χ2n) is 6.42. The lowest BCUT2D eigenvalue weighted by Gasteiger charge is -2.09. The van der Waals surface area contributed by atoms with Gasteiger partial charge in [-0.15, -0.1) is 0 Å². The Morgan fingerprint density at radius 2 is 1.54 bits per heavy atom. The number of hydrogen-bond acceptors (Lipinski definition) is 4. The van der Waals surface area contributed by atoms with Crippen LogP contribution < -0.4 is 10.1 Å². The highest BCUT2D eigenvalue weighted by Gasteiger charge is 2.19. The van der Waals surface area contributed by atoms with Gasteiger partial charge < -0.3 is 10.1 Å². The Balaban J connectivity index is 1.56. The zero-order valence-electron chi connectivity index (χ0n) is 15.5. The van der Waals surface area contributed by atoms with Crippen LogP contribution in [-0.4, -0.2) is 20.1 Å². The molecule has 1 N–H and O–H groups in total. The number of nitrogens with one attached hydrogen (secondary N) is 1. The van der Waals surface area contributed by atoms with Crippen LogP contribution >= 0.6 is 0 Å². The van der Waals surface area contributed by atoms with Gasteiger partial charge in [0.1, 0.15) is 18.1 Å². The topological polar surface area (TPSA) is 72.5 Å². The predicted octanol–water partition coefficient (Wildman–Crippen LogP) is 3.99. The minimum absolute atomic E-state index is 0.137. The third-order valence-electron chi connectivity index (χ3n) is 4.09. The second-order valence-corrected chi connectivity index (χ2v) is 8.41. The van der Waals surface area contributed by atoms with E-state index < -0.39 is 21.5 Å². The fraction of sp³-hybridized carbons (Fsp3) is 0.136. The van der Waals surface area contributed by atoms with Crippen molar-refractivity contribution in [1.82, 2.24) is 0 Å². The van der Waals surface area contributed by atoms with Gasteiger partial charge >= 0.3 is 0 Å². The zero-order valence-corrected chi connectivity index (χ0v) is 16.3. The van der Waals surface area contributed by atoms with Crippen molar-refractivity contribution in [1.29, 1.82) is 0 Å². The van der Waals surface area contributed by atoms with E-state index >= 15 is 0 Å². The number of carbonyl (C=O) groups is 1. The molecule has 0 heterocycles. The number of sulfone groups is 1. The molecule has 0 aliphatic rings. The van der Waals surface area contributed by atoms with Crippen LogP contribution in [0.25, 0.3) is 0 Å². The molecule has 0 saturated heterocycles. The highest BCUT2D eigenvalue weighted by Crippen LogP contribution is 2.18. The summed E-state index contributed by atoms with van der Waals surface area (Å²) in [5.74, 6) is -0.532. The molecule has 0 aliphatic carbocycles. The molecule has 3 rings (SSSR count). The van der Waals surface area contributed by atoms with Crippen LogP contribution in [0.2, 0.25) is 0 Å². The first-order chi connectivity index (χ1) is 13.4. The molecule has 0 saturated carbocycles. The summed E-state index contributed by atoms with van der Waals surface area (Å²) in [7, 11) is -3.68. The average molecular weight is 395 g/mol. The molecule has 0 bridgehead atoms. The third-order valence-corrected chi connectivity index (χ3v) is 5.72. The van der Waals surface area contributed by atoms with E-state index in [0.717, 1.165) is 11.1 Å². The average Bonchev–Trinajstić information content (AvgIpc) is 2.68. The quantitative estimate of drug-likeness (QED) is 0.657. The Labute approximate surface area is 164 Å². The molecular formula is C22H21NO4S. The van der Waals surface area contributed by atoms with Crippen LogP contribution in [-0.2, 0) is 21.2 Å². The van der Waals surface area contributed by atoms with Crippen molar-refractivity contribution in [3.05, 3.63) is 90.0 Å². The standard InChI is InChI=1S/C22H21NO4S/c1-17-7-13-21(14-8-17)28(25,26)16-22(24)23-19-9-11-20(12-10-19)27-15-18-5-3-2-4-6-18/h2-14H,15-16H2,1H3,(H,23,24). The molecule has 1 amide bonds. The van der Waals surface area contributed by atoms with Crippen molar-refractivity contribution in [2.45, 2.75) is 18.4 Å². The summed E-state index contributed by atoms with van der Waals surface area (Å²) in [6, 6.07) is 23.0. The van der Waals surface area contributed by atoms with Gasteiger partial charge in [0.2, 0.25) is 5.91 Å². The van der Waals surface area contributed by atoms with Gasteiger partial charge in [-0.3, -0.25) is 4.79 Å². The maximum Gasteiger partial charge on any atom is 0.239 e. The Hall–Kier alpha value is -3.12. The van der Waals surface area contributed by atoms with E-state index in [2.05, 4.69) is 5.32 Å². The highest BCUT2D eigenvalue weighted by atomic mass is 32.2. The van der Waals surface area contributed by atoms with Crippen LogP contribution in [0.15, 0.2) is 83.8 Å². The van der Waals surface area contributed by atoms with E-state index in [1.54, 1.807) is 36.4 Å². The predicted molar refractivity (Wildman–Crippen MR) is 109 cm³/mol. The molecule has 0 atom stereocenters. The molecule has 3 aromatic carbocycles. The SMILES string of the molecule is Cc1ccc(S(=O)(=O)CC(=O)Nc2ccc(OCc3ccccc3)cc2)cc1. The summed E-state index contributed by atoms with van der Waals surface area (Å²) in [4.78, 5) is 12.3. The summed E-state index contributed by atoms with van der Waals surface area (Å²) in [6.45, 7) is 2.32. The van der Waals surface area contributed by atoms with Gasteiger partial charge in [-0.1, -0.05) is 48.0 Å². The zero-order chi connectivity index (χ0) is 20.0. The lowest BCUT2D eigenvalue weighted by atomic mass is 10.2. The molecular weight excluding hydrogens is 374 g/mol. The van der Waals surface area contributed by atoms with Crippen molar-refractivity contribution in [3.8, 4) is 5.75 Å². The summed E-state index contributed by atoms with van der Waals surface area (Å²) in [5.41, 5.74) is 2.52. The van der Waals surface area contributed by atoms with Gasteiger partial charge in [0.25, 0.3) is 0 Å². The third kappa shape index (κ3) is 5.44. The summed E-state index contributed by atoms with van der Waals surface area (Å²) in [6.07, 6.45) is 0.